The molecule has 0 aliphatic heterocycles. The number of ether oxygens (including phenoxy) is 2. The fourth-order valence-electron chi connectivity index (χ4n) is 2.20. The van der Waals surface area contributed by atoms with Gasteiger partial charge in [0.05, 0.1) is 12.6 Å². The zero-order valence-electron chi connectivity index (χ0n) is 14.3. The highest BCUT2D eigenvalue weighted by molar-refractivity contribution is 7.80. The number of hydrogen-bond donors (Lipinski definition) is 2. The molecule has 0 aliphatic rings. The molecular weight excluding hydrogens is 320 g/mol. The van der Waals surface area contributed by atoms with Gasteiger partial charge in [-0.05, 0) is 56.8 Å². The van der Waals surface area contributed by atoms with E-state index in [1.54, 1.807) is 0 Å². The molecule has 0 spiro atoms. The molecule has 0 aromatic heterocycles. The monoisotopic (exact) mass is 344 g/mol. The first kappa shape index (κ1) is 18.1. The third kappa shape index (κ3) is 5.74. The summed E-state index contributed by atoms with van der Waals surface area (Å²) in [5.74, 6) is 1.72. The fourth-order valence-corrected chi connectivity index (χ4v) is 2.52. The maximum atomic E-state index is 5.83. The Hall–Kier alpha value is -2.27. The smallest absolute Gasteiger partial charge is 0.171 e. The summed E-state index contributed by atoms with van der Waals surface area (Å²) in [6, 6.07) is 15.8. The minimum absolute atomic E-state index is 0.0830. The number of benzene rings is 2. The van der Waals surface area contributed by atoms with Gasteiger partial charge >= 0.3 is 0 Å². The molecule has 0 heterocycles. The zero-order chi connectivity index (χ0) is 17.4. The van der Waals surface area contributed by atoms with Crippen LogP contribution >= 0.6 is 12.2 Å². The Morgan fingerprint density at radius 3 is 2.67 bits per heavy atom. The molecule has 0 amide bonds. The third-order valence-corrected chi connectivity index (χ3v) is 3.58. The lowest BCUT2D eigenvalue weighted by Crippen LogP contribution is -2.39. The number of nitrogens with one attached hydrogen (secondary N) is 2. The van der Waals surface area contributed by atoms with Crippen LogP contribution in [-0.4, -0.2) is 24.4 Å². The molecule has 0 fully saturated rings. The van der Waals surface area contributed by atoms with E-state index in [0.717, 1.165) is 22.7 Å². The molecule has 0 aliphatic carbocycles. The van der Waals surface area contributed by atoms with Crippen LogP contribution < -0.4 is 20.1 Å². The summed E-state index contributed by atoms with van der Waals surface area (Å²) in [7, 11) is 0. The van der Waals surface area contributed by atoms with Crippen LogP contribution in [0.1, 0.15) is 19.4 Å². The van der Waals surface area contributed by atoms with Crippen LogP contribution in [0.15, 0.2) is 48.5 Å². The average Bonchev–Trinajstić information content (AvgIpc) is 2.54. The Labute approximate surface area is 149 Å². The van der Waals surface area contributed by atoms with Gasteiger partial charge in [-0.1, -0.05) is 24.3 Å². The minimum Gasteiger partial charge on any atom is -0.494 e. The minimum atomic E-state index is 0.0830. The molecule has 2 N–H and O–H groups in total. The number of anilines is 1. The second-order valence-corrected chi connectivity index (χ2v) is 5.95. The molecule has 5 heteroatoms. The lowest BCUT2D eigenvalue weighted by Gasteiger charge is -2.18. The van der Waals surface area contributed by atoms with Crippen molar-refractivity contribution in [3.63, 3.8) is 0 Å². The number of aryl methyl sites for hydroxylation is 1. The van der Waals surface area contributed by atoms with E-state index in [-0.39, 0.29) is 6.04 Å². The molecule has 0 saturated heterocycles. The standard InChI is InChI=1S/C19H24N2O2S/c1-4-22-17-10-7-9-16(12-17)21-19(24)20-15(3)13-23-18-11-6-5-8-14(18)2/h5-12,15H,4,13H2,1-3H3,(H2,20,21,24). The summed E-state index contributed by atoms with van der Waals surface area (Å²) in [4.78, 5) is 0. The third-order valence-electron chi connectivity index (χ3n) is 3.36. The lowest BCUT2D eigenvalue weighted by atomic mass is 10.2. The highest BCUT2D eigenvalue weighted by atomic mass is 32.1. The Balaban J connectivity index is 1.81. The fraction of sp³-hybridized carbons (Fsp3) is 0.316. The highest BCUT2D eigenvalue weighted by Crippen LogP contribution is 2.18. The summed E-state index contributed by atoms with van der Waals surface area (Å²) >= 11 is 5.36. The van der Waals surface area contributed by atoms with Gasteiger partial charge in [-0.25, -0.2) is 0 Å². The molecule has 2 aromatic rings. The topological polar surface area (TPSA) is 42.5 Å². The first-order chi connectivity index (χ1) is 11.6. The molecule has 0 radical (unpaired) electrons. The van der Waals surface area contributed by atoms with E-state index < -0.39 is 0 Å². The highest BCUT2D eigenvalue weighted by Gasteiger charge is 2.07. The van der Waals surface area contributed by atoms with Crippen LogP contribution in [0.25, 0.3) is 0 Å². The van der Waals surface area contributed by atoms with Crippen LogP contribution in [-0.2, 0) is 0 Å². The maximum absolute atomic E-state index is 5.83. The second kappa shape index (κ2) is 9.13. The van der Waals surface area contributed by atoms with Crippen molar-refractivity contribution in [3.05, 3.63) is 54.1 Å². The molecule has 1 atom stereocenters. The van der Waals surface area contributed by atoms with Gasteiger partial charge in [0.2, 0.25) is 0 Å². The van der Waals surface area contributed by atoms with Crippen molar-refractivity contribution in [1.29, 1.82) is 0 Å². The van der Waals surface area contributed by atoms with Crippen molar-refractivity contribution in [2.45, 2.75) is 26.8 Å². The lowest BCUT2D eigenvalue weighted by molar-refractivity contribution is 0.285. The van der Waals surface area contributed by atoms with E-state index in [1.165, 1.54) is 0 Å². The van der Waals surface area contributed by atoms with Gasteiger partial charge in [0.15, 0.2) is 5.11 Å². The molecule has 24 heavy (non-hydrogen) atoms. The molecule has 2 rings (SSSR count). The van der Waals surface area contributed by atoms with E-state index in [0.29, 0.717) is 18.3 Å². The Bertz CT molecular complexity index is 676. The molecule has 128 valence electrons. The quantitative estimate of drug-likeness (QED) is 0.739. The molecule has 0 bridgehead atoms. The number of para-hydroxylation sites is 1. The first-order valence-electron chi connectivity index (χ1n) is 8.07. The van der Waals surface area contributed by atoms with E-state index in [9.17, 15) is 0 Å². The zero-order valence-corrected chi connectivity index (χ0v) is 15.2. The second-order valence-electron chi connectivity index (χ2n) is 5.54. The Morgan fingerprint density at radius 2 is 1.92 bits per heavy atom. The van der Waals surface area contributed by atoms with Gasteiger partial charge in [-0.3, -0.25) is 0 Å². The van der Waals surface area contributed by atoms with E-state index >= 15 is 0 Å². The van der Waals surface area contributed by atoms with Gasteiger partial charge in [-0.2, -0.15) is 0 Å². The van der Waals surface area contributed by atoms with Crippen LogP contribution in [0.4, 0.5) is 5.69 Å². The van der Waals surface area contributed by atoms with E-state index in [4.69, 9.17) is 21.7 Å². The van der Waals surface area contributed by atoms with Crippen LogP contribution in [0.5, 0.6) is 11.5 Å². The predicted octanol–water partition coefficient (Wildman–Crippen LogP) is 4.15. The summed E-state index contributed by atoms with van der Waals surface area (Å²) in [5.41, 5.74) is 2.02. The Kier molecular flexibility index (Phi) is 6.88. The summed E-state index contributed by atoms with van der Waals surface area (Å²) < 4.78 is 11.3. The van der Waals surface area contributed by atoms with Gasteiger partial charge in [0, 0.05) is 11.8 Å². The summed E-state index contributed by atoms with van der Waals surface area (Å²) in [5, 5.41) is 6.95. The van der Waals surface area contributed by atoms with Crippen LogP contribution in [0.3, 0.4) is 0 Å². The van der Waals surface area contributed by atoms with Crippen molar-refractivity contribution in [2.75, 3.05) is 18.5 Å². The van der Waals surface area contributed by atoms with E-state index in [2.05, 4.69) is 10.6 Å². The van der Waals surface area contributed by atoms with Crippen molar-refractivity contribution in [3.8, 4) is 11.5 Å². The normalized spacial score (nSPS) is 11.5. The van der Waals surface area contributed by atoms with Crippen molar-refractivity contribution < 1.29 is 9.47 Å². The number of thiocarbonyl (C=S) groups is 1. The predicted molar refractivity (Wildman–Crippen MR) is 103 cm³/mol. The summed E-state index contributed by atoms with van der Waals surface area (Å²) in [6.45, 7) is 7.20. The van der Waals surface area contributed by atoms with Gasteiger partial charge in [-0.15, -0.1) is 0 Å². The molecule has 1 unspecified atom stereocenters. The summed E-state index contributed by atoms with van der Waals surface area (Å²) in [6.07, 6.45) is 0. The van der Waals surface area contributed by atoms with Gasteiger partial charge < -0.3 is 20.1 Å². The van der Waals surface area contributed by atoms with Gasteiger partial charge in [0.25, 0.3) is 0 Å². The molecular formula is C19H24N2O2S. The van der Waals surface area contributed by atoms with Gasteiger partial charge in [0.1, 0.15) is 18.1 Å². The average molecular weight is 344 g/mol. The molecule has 0 saturated carbocycles. The SMILES string of the molecule is CCOc1cccc(NC(=S)NC(C)COc2ccccc2C)c1. The Morgan fingerprint density at radius 1 is 1.12 bits per heavy atom. The first-order valence-corrected chi connectivity index (χ1v) is 8.48. The number of rotatable bonds is 7. The van der Waals surface area contributed by atoms with Crippen LogP contribution in [0, 0.1) is 6.92 Å². The largest absolute Gasteiger partial charge is 0.494 e. The van der Waals surface area contributed by atoms with Crippen molar-refractivity contribution in [2.24, 2.45) is 0 Å². The maximum Gasteiger partial charge on any atom is 0.171 e. The van der Waals surface area contributed by atoms with E-state index in [1.807, 2.05) is 69.3 Å². The molecule has 4 nitrogen and oxygen atoms in total. The molecule has 2 aromatic carbocycles. The van der Waals surface area contributed by atoms with Crippen molar-refractivity contribution in [1.82, 2.24) is 5.32 Å². The number of hydrogen-bond acceptors (Lipinski definition) is 3. The van der Waals surface area contributed by atoms with Crippen LogP contribution in [0.2, 0.25) is 0 Å². The van der Waals surface area contributed by atoms with Crippen molar-refractivity contribution >= 4 is 23.0 Å².